The largest absolute Gasteiger partial charge is 0.345 e. The lowest BCUT2D eigenvalue weighted by molar-refractivity contribution is 0.698. The van der Waals surface area contributed by atoms with Gasteiger partial charge < -0.3 is 10.6 Å². The Kier molecular flexibility index (Phi) is 1.81. The van der Waals surface area contributed by atoms with Crippen LogP contribution in [0.15, 0.2) is 9.59 Å². The molecule has 0 saturated heterocycles. The Balaban J connectivity index is 2.84. The summed E-state index contributed by atoms with van der Waals surface area (Å²) in [6.45, 7) is 0. The van der Waals surface area contributed by atoms with Gasteiger partial charge in [-0.3, -0.25) is 13.9 Å². The third-order valence-electron chi connectivity index (χ3n) is 2.20. The summed E-state index contributed by atoms with van der Waals surface area (Å²) in [5.74, 6) is 0.429. The van der Waals surface area contributed by atoms with Crippen LogP contribution < -0.4 is 21.9 Å². The number of alkyl halides is 1. The number of halogens is 1. The molecule has 2 N–H and O–H groups in total. The SMILES string of the molecule is Cn1c2c(c(=O)n(C)c1=O)N[C@@H](Cl)N2. The Labute approximate surface area is 84.1 Å². The molecule has 7 heteroatoms. The van der Waals surface area contributed by atoms with E-state index in [1.54, 1.807) is 7.05 Å². The van der Waals surface area contributed by atoms with E-state index in [0.29, 0.717) is 11.5 Å². The second-order valence-corrected chi connectivity index (χ2v) is 3.52. The highest BCUT2D eigenvalue weighted by molar-refractivity contribution is 6.23. The smallest absolute Gasteiger partial charge is 0.332 e. The van der Waals surface area contributed by atoms with Gasteiger partial charge in [-0.1, -0.05) is 11.6 Å². The molecule has 1 atom stereocenters. The molecule has 1 aromatic heterocycles. The molecule has 0 unspecified atom stereocenters. The molecule has 2 heterocycles. The molecule has 1 aliphatic heterocycles. The number of hydrogen-bond donors (Lipinski definition) is 2. The molecule has 14 heavy (non-hydrogen) atoms. The summed E-state index contributed by atoms with van der Waals surface area (Å²) in [6, 6.07) is 0. The van der Waals surface area contributed by atoms with Crippen molar-refractivity contribution in [2.45, 2.75) is 5.62 Å². The van der Waals surface area contributed by atoms with Crippen LogP contribution in [0.4, 0.5) is 11.5 Å². The third kappa shape index (κ3) is 1.04. The predicted octanol–water partition coefficient (Wildman–Crippen LogP) is -0.556. The van der Waals surface area contributed by atoms with Crippen LogP contribution in [0.5, 0.6) is 0 Å². The predicted molar refractivity (Wildman–Crippen MR) is 53.8 cm³/mol. The number of nitrogens with zero attached hydrogens (tertiary/aromatic N) is 2. The molecule has 0 spiro atoms. The van der Waals surface area contributed by atoms with Crippen molar-refractivity contribution in [3.8, 4) is 0 Å². The van der Waals surface area contributed by atoms with Crippen LogP contribution in [-0.4, -0.2) is 14.8 Å². The van der Waals surface area contributed by atoms with E-state index in [4.69, 9.17) is 11.6 Å². The Morgan fingerprint density at radius 1 is 1.21 bits per heavy atom. The summed E-state index contributed by atoms with van der Waals surface area (Å²) in [4.78, 5) is 23.0. The summed E-state index contributed by atoms with van der Waals surface area (Å²) in [6.07, 6.45) is 0. The first kappa shape index (κ1) is 9.14. The fraction of sp³-hybridized carbons (Fsp3) is 0.429. The quantitative estimate of drug-likeness (QED) is 0.451. The normalized spacial score (nSPS) is 18.6. The zero-order valence-electron chi connectivity index (χ0n) is 7.67. The van der Waals surface area contributed by atoms with E-state index in [-0.39, 0.29) is 11.2 Å². The van der Waals surface area contributed by atoms with Crippen LogP contribution in [0.2, 0.25) is 0 Å². The molecule has 76 valence electrons. The maximum Gasteiger partial charge on any atom is 0.332 e. The van der Waals surface area contributed by atoms with Gasteiger partial charge in [-0.15, -0.1) is 0 Å². The van der Waals surface area contributed by atoms with Crippen LogP contribution in [-0.2, 0) is 14.1 Å². The lowest BCUT2D eigenvalue weighted by Gasteiger charge is -2.06. The molecule has 2 rings (SSSR count). The fourth-order valence-corrected chi connectivity index (χ4v) is 1.64. The second-order valence-electron chi connectivity index (χ2n) is 3.08. The van der Waals surface area contributed by atoms with Gasteiger partial charge in [-0.05, 0) is 0 Å². The van der Waals surface area contributed by atoms with Gasteiger partial charge in [0.1, 0.15) is 11.5 Å². The monoisotopic (exact) mass is 216 g/mol. The van der Waals surface area contributed by atoms with Crippen molar-refractivity contribution < 1.29 is 0 Å². The van der Waals surface area contributed by atoms with Crippen LogP contribution in [0.3, 0.4) is 0 Å². The van der Waals surface area contributed by atoms with E-state index in [9.17, 15) is 9.59 Å². The number of rotatable bonds is 0. The minimum Gasteiger partial charge on any atom is -0.345 e. The first-order chi connectivity index (χ1) is 6.52. The van der Waals surface area contributed by atoms with Gasteiger partial charge in [0.05, 0.1) is 0 Å². The van der Waals surface area contributed by atoms with Crippen molar-refractivity contribution in [2.24, 2.45) is 14.1 Å². The zero-order chi connectivity index (χ0) is 10.5. The highest BCUT2D eigenvalue weighted by Gasteiger charge is 2.24. The lowest BCUT2D eigenvalue weighted by atomic mass is 10.4. The van der Waals surface area contributed by atoms with E-state index in [1.807, 2.05) is 0 Å². The minimum absolute atomic E-state index is 0.328. The summed E-state index contributed by atoms with van der Waals surface area (Å²) < 4.78 is 2.37. The number of hydrogen-bond acceptors (Lipinski definition) is 4. The van der Waals surface area contributed by atoms with Gasteiger partial charge in [0.15, 0.2) is 5.62 Å². The Hall–Kier alpha value is -1.43. The molecule has 0 saturated carbocycles. The van der Waals surface area contributed by atoms with Crippen LogP contribution in [0.1, 0.15) is 0 Å². The van der Waals surface area contributed by atoms with E-state index in [1.165, 1.54) is 11.6 Å². The minimum atomic E-state index is -0.550. The molecule has 6 nitrogen and oxygen atoms in total. The molecule has 1 aliphatic rings. The summed E-state index contributed by atoms with van der Waals surface area (Å²) in [5, 5.41) is 5.51. The number of anilines is 2. The maximum atomic E-state index is 11.6. The summed E-state index contributed by atoms with van der Waals surface area (Å²) in [5.41, 5.74) is -0.979. The van der Waals surface area contributed by atoms with Gasteiger partial charge in [-0.25, -0.2) is 4.79 Å². The highest BCUT2D eigenvalue weighted by Crippen LogP contribution is 2.23. The Morgan fingerprint density at radius 3 is 2.50 bits per heavy atom. The molecule has 0 amide bonds. The molecule has 0 aromatic carbocycles. The first-order valence-electron chi connectivity index (χ1n) is 3.99. The second kappa shape index (κ2) is 2.78. The van der Waals surface area contributed by atoms with Gasteiger partial charge in [0, 0.05) is 14.1 Å². The van der Waals surface area contributed by atoms with E-state index in [2.05, 4.69) is 10.6 Å². The van der Waals surface area contributed by atoms with Crippen molar-refractivity contribution in [1.29, 1.82) is 0 Å². The molecule has 1 aromatic rings. The fourth-order valence-electron chi connectivity index (χ4n) is 1.43. The van der Waals surface area contributed by atoms with Crippen LogP contribution in [0, 0.1) is 0 Å². The number of nitrogens with one attached hydrogen (secondary N) is 2. The maximum absolute atomic E-state index is 11.6. The average molecular weight is 217 g/mol. The molecule has 0 aliphatic carbocycles. The Morgan fingerprint density at radius 2 is 1.86 bits per heavy atom. The van der Waals surface area contributed by atoms with Crippen molar-refractivity contribution in [3.63, 3.8) is 0 Å². The van der Waals surface area contributed by atoms with E-state index in [0.717, 1.165) is 4.57 Å². The van der Waals surface area contributed by atoms with E-state index >= 15 is 0 Å². The molecule has 0 bridgehead atoms. The molecular weight excluding hydrogens is 208 g/mol. The number of aromatic nitrogens is 2. The molecule has 0 fully saturated rings. The average Bonchev–Trinajstić information content (AvgIpc) is 2.54. The summed E-state index contributed by atoms with van der Waals surface area (Å²) in [7, 11) is 3.00. The van der Waals surface area contributed by atoms with Crippen LogP contribution in [0.25, 0.3) is 0 Å². The van der Waals surface area contributed by atoms with Crippen LogP contribution >= 0.6 is 11.6 Å². The first-order valence-corrected chi connectivity index (χ1v) is 4.43. The van der Waals surface area contributed by atoms with Gasteiger partial charge in [0.2, 0.25) is 0 Å². The molecular formula is C7H9ClN4O2. The van der Waals surface area contributed by atoms with E-state index < -0.39 is 5.62 Å². The lowest BCUT2D eigenvalue weighted by Crippen LogP contribution is -2.37. The third-order valence-corrected chi connectivity index (χ3v) is 2.42. The van der Waals surface area contributed by atoms with Crippen molar-refractivity contribution in [3.05, 3.63) is 20.8 Å². The topological polar surface area (TPSA) is 68.1 Å². The van der Waals surface area contributed by atoms with Crippen molar-refractivity contribution in [2.75, 3.05) is 10.6 Å². The van der Waals surface area contributed by atoms with Gasteiger partial charge in [0.25, 0.3) is 5.56 Å². The zero-order valence-corrected chi connectivity index (χ0v) is 8.42. The van der Waals surface area contributed by atoms with Gasteiger partial charge in [-0.2, -0.15) is 0 Å². The Bertz CT molecular complexity index is 504. The van der Waals surface area contributed by atoms with Crippen molar-refractivity contribution in [1.82, 2.24) is 9.13 Å². The number of fused-ring (bicyclic) bond motifs is 1. The van der Waals surface area contributed by atoms with Crippen molar-refractivity contribution >= 4 is 23.1 Å². The highest BCUT2D eigenvalue weighted by atomic mass is 35.5. The summed E-state index contributed by atoms with van der Waals surface area (Å²) >= 11 is 5.74. The van der Waals surface area contributed by atoms with Gasteiger partial charge >= 0.3 is 5.69 Å². The standard InChI is InChI=1S/C7H9ClN4O2/c1-11-4-3(9-6(8)10-4)5(13)12(2)7(11)14/h6,9-10H,1-2H3/t6-/m1/s1. The molecule has 0 radical (unpaired) electrons.